The first-order valence-electron chi connectivity index (χ1n) is 10.1. The summed E-state index contributed by atoms with van der Waals surface area (Å²) >= 11 is 0. The molecule has 2 unspecified atom stereocenters. The van der Waals surface area contributed by atoms with Crippen LogP contribution in [-0.2, 0) is 12.6 Å². The molecule has 1 aliphatic rings. The summed E-state index contributed by atoms with van der Waals surface area (Å²) in [6, 6.07) is 10.2. The van der Waals surface area contributed by atoms with E-state index in [1.807, 2.05) is 25.1 Å². The summed E-state index contributed by atoms with van der Waals surface area (Å²) in [6.07, 6.45) is -1.88. The normalized spacial score (nSPS) is 19.7. The molecule has 0 aliphatic carbocycles. The number of benzene rings is 1. The number of imidazole rings is 1. The molecule has 2 N–H and O–H groups in total. The van der Waals surface area contributed by atoms with Gasteiger partial charge in [0.05, 0.1) is 0 Å². The Kier molecular flexibility index (Phi) is 6.70. The van der Waals surface area contributed by atoms with Gasteiger partial charge in [-0.25, -0.2) is 4.98 Å². The van der Waals surface area contributed by atoms with Crippen LogP contribution < -0.4 is 5.32 Å². The average Bonchev–Trinajstić information content (AvgIpc) is 3.36. The van der Waals surface area contributed by atoms with Gasteiger partial charge in [-0.15, -0.1) is 0 Å². The van der Waals surface area contributed by atoms with Crippen LogP contribution in [0.3, 0.4) is 0 Å². The zero-order valence-electron chi connectivity index (χ0n) is 17.2. The van der Waals surface area contributed by atoms with Crippen molar-refractivity contribution in [1.82, 2.24) is 19.8 Å². The highest BCUT2D eigenvalue weighted by atomic mass is 19.4. The van der Waals surface area contributed by atoms with Gasteiger partial charge in [-0.1, -0.05) is 30.3 Å². The summed E-state index contributed by atoms with van der Waals surface area (Å²) in [4.78, 5) is 10.2. The molecule has 0 bridgehead atoms. The lowest BCUT2D eigenvalue weighted by molar-refractivity contribution is -0.272. The average molecular weight is 423 g/mol. The van der Waals surface area contributed by atoms with Gasteiger partial charge < -0.3 is 19.9 Å². The zero-order chi connectivity index (χ0) is 21.8. The lowest BCUT2D eigenvalue weighted by Crippen LogP contribution is -2.45. The van der Waals surface area contributed by atoms with Gasteiger partial charge in [0.1, 0.15) is 5.82 Å². The second kappa shape index (κ2) is 9.07. The molecule has 164 valence electrons. The largest absolute Gasteiger partial charge is 0.424 e. The standard InChI is InChI=1S/C21H28F3N5O/c1-3-25-19(29-13-9-17(15-29)16-7-5-4-6-8-16)27-11-10-20(30,21(22,23)24)18-26-12-14-28(18)2/h4-8,12,14,17,30H,3,9-11,13,15H2,1-2H3,(H,25,27). The number of aliphatic imine (C=N–C) groups is 1. The Hall–Kier alpha value is -2.55. The SMILES string of the molecule is CCNC(=NCCC(O)(c1nccn1C)C(F)(F)F)N1CCC(c2ccccc2)C1. The Morgan fingerprint density at radius 2 is 2.03 bits per heavy atom. The van der Waals surface area contributed by atoms with E-state index in [4.69, 9.17) is 0 Å². The first-order valence-corrected chi connectivity index (χ1v) is 10.1. The van der Waals surface area contributed by atoms with Crippen LogP contribution in [0.15, 0.2) is 47.7 Å². The maximum Gasteiger partial charge on any atom is 0.424 e. The molecule has 6 nitrogen and oxygen atoms in total. The van der Waals surface area contributed by atoms with Crippen LogP contribution in [0.1, 0.15) is 37.1 Å². The van der Waals surface area contributed by atoms with Gasteiger partial charge in [-0.05, 0) is 18.9 Å². The number of alkyl halides is 3. The molecule has 30 heavy (non-hydrogen) atoms. The topological polar surface area (TPSA) is 65.7 Å². The molecule has 2 atom stereocenters. The van der Waals surface area contributed by atoms with E-state index in [0.717, 1.165) is 19.5 Å². The molecule has 3 rings (SSSR count). The van der Waals surface area contributed by atoms with E-state index >= 15 is 0 Å². The highest BCUT2D eigenvalue weighted by Gasteiger charge is 2.57. The summed E-state index contributed by atoms with van der Waals surface area (Å²) in [5.74, 6) is 0.496. The number of aliphatic hydroxyl groups is 1. The van der Waals surface area contributed by atoms with Crippen molar-refractivity contribution < 1.29 is 18.3 Å². The highest BCUT2D eigenvalue weighted by Crippen LogP contribution is 2.40. The third-order valence-corrected chi connectivity index (χ3v) is 5.49. The lowest BCUT2D eigenvalue weighted by atomic mass is 9.98. The van der Waals surface area contributed by atoms with Crippen molar-refractivity contribution in [3.63, 3.8) is 0 Å². The molecule has 9 heteroatoms. The van der Waals surface area contributed by atoms with Crippen molar-refractivity contribution >= 4 is 5.96 Å². The van der Waals surface area contributed by atoms with Crippen LogP contribution in [0.5, 0.6) is 0 Å². The van der Waals surface area contributed by atoms with Gasteiger partial charge in [0.2, 0.25) is 5.60 Å². The first kappa shape index (κ1) is 22.1. The molecule has 1 aliphatic heterocycles. The Bertz CT molecular complexity index is 852. The molecule has 1 aromatic heterocycles. The van der Waals surface area contributed by atoms with Gasteiger partial charge in [0, 0.05) is 58.0 Å². The number of likely N-dealkylation sites (tertiary alicyclic amines) is 1. The van der Waals surface area contributed by atoms with Crippen molar-refractivity contribution in [2.24, 2.45) is 12.0 Å². The molecule has 0 radical (unpaired) electrons. The maximum absolute atomic E-state index is 13.7. The Balaban J connectivity index is 1.72. The number of hydrogen-bond donors (Lipinski definition) is 2. The Labute approximate surface area is 174 Å². The van der Waals surface area contributed by atoms with E-state index in [0.29, 0.717) is 18.4 Å². The van der Waals surface area contributed by atoms with Crippen LogP contribution in [0.2, 0.25) is 0 Å². The van der Waals surface area contributed by atoms with Gasteiger partial charge in [-0.2, -0.15) is 13.2 Å². The fourth-order valence-corrected chi connectivity index (χ4v) is 3.84. The summed E-state index contributed by atoms with van der Waals surface area (Å²) in [5, 5.41) is 13.6. The van der Waals surface area contributed by atoms with Gasteiger partial charge in [-0.3, -0.25) is 4.99 Å². The fraction of sp³-hybridized carbons (Fsp3) is 0.524. The van der Waals surface area contributed by atoms with Crippen molar-refractivity contribution in [1.29, 1.82) is 0 Å². The minimum Gasteiger partial charge on any atom is -0.374 e. The first-order chi connectivity index (χ1) is 14.3. The van der Waals surface area contributed by atoms with Crippen LogP contribution in [-0.4, -0.2) is 57.9 Å². The van der Waals surface area contributed by atoms with E-state index in [1.165, 1.54) is 29.6 Å². The summed E-state index contributed by atoms with van der Waals surface area (Å²) in [7, 11) is 1.43. The van der Waals surface area contributed by atoms with Gasteiger partial charge >= 0.3 is 6.18 Å². The monoisotopic (exact) mass is 423 g/mol. The number of rotatable bonds is 6. The smallest absolute Gasteiger partial charge is 0.374 e. The molecule has 1 fully saturated rings. The lowest BCUT2D eigenvalue weighted by Gasteiger charge is -2.29. The molecule has 0 saturated carbocycles. The minimum absolute atomic E-state index is 0.183. The zero-order valence-corrected chi connectivity index (χ0v) is 17.2. The van der Waals surface area contributed by atoms with E-state index in [-0.39, 0.29) is 6.54 Å². The fourth-order valence-electron chi connectivity index (χ4n) is 3.84. The van der Waals surface area contributed by atoms with Crippen LogP contribution >= 0.6 is 0 Å². The number of hydrogen-bond acceptors (Lipinski definition) is 3. The Morgan fingerprint density at radius 3 is 2.63 bits per heavy atom. The molecular formula is C21H28F3N5O. The number of nitrogens with zero attached hydrogens (tertiary/aromatic N) is 4. The quantitative estimate of drug-likeness (QED) is 0.554. The molecule has 2 aromatic rings. The van der Waals surface area contributed by atoms with Crippen molar-refractivity contribution in [2.45, 2.75) is 37.5 Å². The van der Waals surface area contributed by atoms with Crippen molar-refractivity contribution in [3.8, 4) is 0 Å². The maximum atomic E-state index is 13.7. The third kappa shape index (κ3) is 4.61. The van der Waals surface area contributed by atoms with Crippen LogP contribution in [0.25, 0.3) is 0 Å². The van der Waals surface area contributed by atoms with Crippen molar-refractivity contribution in [2.75, 3.05) is 26.2 Å². The second-order valence-electron chi connectivity index (χ2n) is 7.55. The summed E-state index contributed by atoms with van der Waals surface area (Å²) < 4.78 is 42.2. The van der Waals surface area contributed by atoms with E-state index in [1.54, 1.807) is 0 Å². The summed E-state index contributed by atoms with van der Waals surface area (Å²) in [6.45, 7) is 3.86. The predicted molar refractivity (Wildman–Crippen MR) is 109 cm³/mol. The number of aryl methyl sites for hydroxylation is 1. The number of aromatic nitrogens is 2. The van der Waals surface area contributed by atoms with E-state index in [9.17, 15) is 18.3 Å². The molecule has 0 spiro atoms. The molecule has 2 heterocycles. The Morgan fingerprint density at radius 1 is 1.30 bits per heavy atom. The molecule has 0 amide bonds. The van der Waals surface area contributed by atoms with Crippen molar-refractivity contribution in [3.05, 3.63) is 54.1 Å². The number of nitrogens with one attached hydrogen (secondary N) is 1. The minimum atomic E-state index is -4.86. The second-order valence-corrected chi connectivity index (χ2v) is 7.55. The number of guanidine groups is 1. The van der Waals surface area contributed by atoms with E-state index < -0.39 is 24.0 Å². The van der Waals surface area contributed by atoms with E-state index in [2.05, 4.69) is 32.3 Å². The highest BCUT2D eigenvalue weighted by molar-refractivity contribution is 5.80. The van der Waals surface area contributed by atoms with Gasteiger partial charge in [0.25, 0.3) is 0 Å². The third-order valence-electron chi connectivity index (χ3n) is 5.49. The van der Waals surface area contributed by atoms with Gasteiger partial charge in [0.15, 0.2) is 5.96 Å². The van der Waals surface area contributed by atoms with Crippen LogP contribution in [0, 0.1) is 0 Å². The van der Waals surface area contributed by atoms with Crippen LogP contribution in [0.4, 0.5) is 13.2 Å². The molecule has 1 saturated heterocycles. The number of halogens is 3. The summed E-state index contributed by atoms with van der Waals surface area (Å²) in [5.41, 5.74) is -1.80. The molecule has 1 aromatic carbocycles. The predicted octanol–water partition coefficient (Wildman–Crippen LogP) is 3.02. The molecular weight excluding hydrogens is 395 g/mol.